The van der Waals surface area contributed by atoms with E-state index >= 15 is 0 Å². The van der Waals surface area contributed by atoms with E-state index in [1.54, 1.807) is 6.07 Å². The zero-order valence-corrected chi connectivity index (χ0v) is 24.9. The molecule has 1 atom stereocenters. The number of aliphatic hydroxyl groups is 1. The van der Waals surface area contributed by atoms with Gasteiger partial charge in [0.25, 0.3) is 0 Å². The van der Waals surface area contributed by atoms with Gasteiger partial charge in [-0.3, -0.25) is 4.79 Å². The molecule has 3 aromatic rings. The summed E-state index contributed by atoms with van der Waals surface area (Å²) in [5.41, 5.74) is 7.81. The summed E-state index contributed by atoms with van der Waals surface area (Å²) in [7, 11) is 2.74. The molecule has 0 aliphatic heterocycles. The Bertz CT molecular complexity index is 1320. The van der Waals surface area contributed by atoms with Crippen molar-refractivity contribution in [2.24, 2.45) is 5.92 Å². The van der Waals surface area contributed by atoms with Gasteiger partial charge >= 0.3 is 5.97 Å². The van der Waals surface area contributed by atoms with Crippen molar-refractivity contribution in [2.75, 3.05) is 20.1 Å². The highest BCUT2D eigenvalue weighted by atomic mass is 19.1. The maximum absolute atomic E-state index is 13.9. The van der Waals surface area contributed by atoms with Crippen LogP contribution in [0, 0.1) is 11.7 Å². The molecule has 0 fully saturated rings. The van der Waals surface area contributed by atoms with Gasteiger partial charge in [-0.25, -0.2) is 4.39 Å². The highest BCUT2D eigenvalue weighted by Gasteiger charge is 2.28. The first-order valence-electron chi connectivity index (χ1n) is 14.8. The standard InChI is InChI=1S/C34H44BFN2O3/c1-5-24-18-27(31-13-12-29(36)19-28(31)11-15-33(40)41)10-14-32(24)35-38(4)22-30(39)21-37-34(2,3)20-23-16-25-8-6-7-9-26(25)17-23/h6-10,12-14,18-19,23,30,35,37,39H,5,11,15-17,20-22H2,1-4H3,(H,40,41)/t30-/m1/s1. The molecule has 0 heterocycles. The molecule has 0 amide bonds. The van der Waals surface area contributed by atoms with E-state index in [1.165, 1.54) is 34.3 Å². The van der Waals surface area contributed by atoms with Gasteiger partial charge in [0.1, 0.15) is 5.82 Å². The Morgan fingerprint density at radius 1 is 1.10 bits per heavy atom. The average Bonchev–Trinajstić information content (AvgIpc) is 3.32. The summed E-state index contributed by atoms with van der Waals surface area (Å²) in [6.07, 6.45) is 3.94. The van der Waals surface area contributed by atoms with Crippen molar-refractivity contribution >= 4 is 18.8 Å². The first-order valence-corrected chi connectivity index (χ1v) is 14.8. The van der Waals surface area contributed by atoms with Crippen molar-refractivity contribution in [3.63, 3.8) is 0 Å². The Morgan fingerprint density at radius 2 is 1.80 bits per heavy atom. The molecule has 0 aromatic heterocycles. The molecule has 0 spiro atoms. The molecule has 4 rings (SSSR count). The van der Waals surface area contributed by atoms with Gasteiger partial charge in [0.05, 0.1) is 6.10 Å². The molecule has 3 N–H and O–H groups in total. The number of β-amino-alcohol motifs (C(OH)–C–C–N with tert-alkyl or cyclic N) is 1. The first kappa shape index (κ1) is 31.0. The molecule has 5 nitrogen and oxygen atoms in total. The monoisotopic (exact) mass is 558 g/mol. The first-order chi connectivity index (χ1) is 19.5. The fraction of sp³-hybridized carbons (Fsp3) is 0.441. The van der Waals surface area contributed by atoms with Crippen molar-refractivity contribution in [1.82, 2.24) is 10.1 Å². The summed E-state index contributed by atoms with van der Waals surface area (Å²) in [5, 5.41) is 23.6. The Morgan fingerprint density at radius 3 is 2.46 bits per heavy atom. The summed E-state index contributed by atoms with van der Waals surface area (Å²) in [5.74, 6) is -0.620. The number of nitrogens with zero attached hydrogens (tertiary/aromatic N) is 1. The number of nitrogens with one attached hydrogen (secondary N) is 1. The lowest BCUT2D eigenvalue weighted by Crippen LogP contribution is -2.48. The summed E-state index contributed by atoms with van der Waals surface area (Å²) in [4.78, 5) is 13.3. The molecule has 0 saturated carbocycles. The second-order valence-electron chi connectivity index (χ2n) is 12.4. The fourth-order valence-corrected chi connectivity index (χ4v) is 6.33. The second-order valence-corrected chi connectivity index (χ2v) is 12.4. The molecule has 3 aromatic carbocycles. The fourth-order valence-electron chi connectivity index (χ4n) is 6.33. The molecule has 0 bridgehead atoms. The van der Waals surface area contributed by atoms with Gasteiger partial charge in [0, 0.05) is 25.0 Å². The lowest BCUT2D eigenvalue weighted by Gasteiger charge is -2.31. The number of carboxylic acid groups (broad SMARTS) is 1. The number of benzene rings is 3. The van der Waals surface area contributed by atoms with Crippen molar-refractivity contribution in [3.05, 3.63) is 88.7 Å². The van der Waals surface area contributed by atoms with Crippen molar-refractivity contribution in [2.45, 2.75) is 70.9 Å². The largest absolute Gasteiger partial charge is 0.481 e. The van der Waals surface area contributed by atoms with Crippen LogP contribution in [0.4, 0.5) is 4.39 Å². The molecule has 7 heteroatoms. The normalized spacial score (nSPS) is 14.3. The number of fused-ring (bicyclic) bond motifs is 1. The number of aliphatic carboxylic acids is 1. The van der Waals surface area contributed by atoms with Crippen LogP contribution in [-0.2, 0) is 30.5 Å². The van der Waals surface area contributed by atoms with E-state index in [0.29, 0.717) is 32.0 Å². The van der Waals surface area contributed by atoms with E-state index in [1.807, 2.05) is 13.1 Å². The zero-order valence-electron chi connectivity index (χ0n) is 24.9. The Kier molecular flexibility index (Phi) is 10.4. The number of carbonyl (C=O) groups is 1. The van der Waals surface area contributed by atoms with Gasteiger partial charge in [0.2, 0.25) is 7.41 Å². The van der Waals surface area contributed by atoms with Crippen LogP contribution in [-0.4, -0.2) is 60.2 Å². The topological polar surface area (TPSA) is 72.8 Å². The third-order valence-electron chi connectivity index (χ3n) is 8.29. The van der Waals surface area contributed by atoms with E-state index in [0.717, 1.165) is 36.8 Å². The Hall–Kier alpha value is -3.00. The number of hydrogen-bond donors (Lipinski definition) is 3. The molecular weight excluding hydrogens is 514 g/mol. The third kappa shape index (κ3) is 8.75. The highest BCUT2D eigenvalue weighted by molar-refractivity contribution is 6.51. The van der Waals surface area contributed by atoms with Crippen LogP contribution in [0.2, 0.25) is 0 Å². The van der Waals surface area contributed by atoms with Crippen LogP contribution in [0.25, 0.3) is 11.1 Å². The van der Waals surface area contributed by atoms with Crippen LogP contribution in [0.3, 0.4) is 0 Å². The minimum absolute atomic E-state index is 0.0385. The van der Waals surface area contributed by atoms with E-state index in [9.17, 15) is 14.3 Å². The predicted octanol–water partition coefficient (Wildman–Crippen LogP) is 4.52. The molecule has 0 radical (unpaired) electrons. The van der Waals surface area contributed by atoms with E-state index in [4.69, 9.17) is 5.11 Å². The van der Waals surface area contributed by atoms with Gasteiger partial charge in [-0.1, -0.05) is 66.5 Å². The number of aliphatic hydroxyl groups excluding tert-OH is 1. The van der Waals surface area contributed by atoms with Crippen molar-refractivity contribution in [1.29, 1.82) is 0 Å². The zero-order chi connectivity index (χ0) is 29.6. The second kappa shape index (κ2) is 13.8. The number of likely N-dealkylation sites (N-methyl/N-ethyl adjacent to an activating group) is 1. The Balaban J connectivity index is 1.31. The molecule has 0 saturated heterocycles. The lowest BCUT2D eigenvalue weighted by atomic mass is 9.75. The molecule has 1 aliphatic rings. The third-order valence-corrected chi connectivity index (χ3v) is 8.29. The maximum atomic E-state index is 13.9. The molecule has 218 valence electrons. The number of carboxylic acids is 1. The van der Waals surface area contributed by atoms with Crippen LogP contribution >= 0.6 is 0 Å². The summed E-state index contributed by atoms with van der Waals surface area (Å²) in [6, 6.07) is 19.6. The molecule has 41 heavy (non-hydrogen) atoms. The van der Waals surface area contributed by atoms with Crippen LogP contribution in [0.5, 0.6) is 0 Å². The quantitative estimate of drug-likeness (QED) is 0.254. The predicted molar refractivity (Wildman–Crippen MR) is 167 cm³/mol. The van der Waals surface area contributed by atoms with Crippen molar-refractivity contribution in [3.8, 4) is 11.1 Å². The average molecular weight is 559 g/mol. The minimum Gasteiger partial charge on any atom is -0.481 e. The van der Waals surface area contributed by atoms with Crippen molar-refractivity contribution < 1.29 is 19.4 Å². The number of aryl methyl sites for hydroxylation is 2. The van der Waals surface area contributed by atoms with Gasteiger partial charge in [0.15, 0.2) is 0 Å². The van der Waals surface area contributed by atoms with Crippen LogP contribution in [0.1, 0.15) is 55.9 Å². The summed E-state index contributed by atoms with van der Waals surface area (Å²) in [6.45, 7) is 7.67. The summed E-state index contributed by atoms with van der Waals surface area (Å²) < 4.78 is 13.9. The molecule has 0 unspecified atom stereocenters. The van der Waals surface area contributed by atoms with Gasteiger partial charge in [-0.15, -0.1) is 0 Å². The highest BCUT2D eigenvalue weighted by Crippen LogP contribution is 2.32. The maximum Gasteiger partial charge on any atom is 0.303 e. The van der Waals surface area contributed by atoms with Crippen LogP contribution < -0.4 is 10.8 Å². The molecular formula is C34H44BFN2O3. The SMILES string of the molecule is CCc1cc(-c2ccc(F)cc2CCC(=O)O)ccc1BN(C)C[C@H](O)CNC(C)(C)CC1Cc2ccccc2C1. The smallest absolute Gasteiger partial charge is 0.303 e. The van der Waals surface area contributed by atoms with E-state index in [2.05, 4.69) is 67.3 Å². The van der Waals surface area contributed by atoms with Crippen LogP contribution in [0.15, 0.2) is 60.7 Å². The van der Waals surface area contributed by atoms with Gasteiger partial charge in [-0.05, 0) is 98.9 Å². The Labute approximate surface area is 245 Å². The minimum atomic E-state index is -0.895. The number of rotatable bonds is 14. The number of halogens is 1. The van der Waals surface area contributed by atoms with E-state index < -0.39 is 12.1 Å². The molecule has 1 aliphatic carbocycles. The summed E-state index contributed by atoms with van der Waals surface area (Å²) >= 11 is 0. The van der Waals surface area contributed by atoms with E-state index in [-0.39, 0.29) is 24.2 Å². The van der Waals surface area contributed by atoms with Gasteiger partial charge < -0.3 is 20.3 Å². The van der Waals surface area contributed by atoms with Gasteiger partial charge in [-0.2, -0.15) is 0 Å². The number of hydrogen-bond acceptors (Lipinski definition) is 4. The lowest BCUT2D eigenvalue weighted by molar-refractivity contribution is -0.136.